The third-order valence-electron chi connectivity index (χ3n) is 5.54. The van der Waals surface area contributed by atoms with Crippen LogP contribution in [0.15, 0.2) is 0 Å². The van der Waals surface area contributed by atoms with Crippen LogP contribution >= 0.6 is 0 Å². The van der Waals surface area contributed by atoms with Crippen molar-refractivity contribution in [1.29, 1.82) is 0 Å². The molecule has 1 fully saturated rings. The number of rotatable bonds is 10. The summed E-state index contributed by atoms with van der Waals surface area (Å²) in [4.78, 5) is 0. The molecule has 1 N–H and O–H groups in total. The minimum atomic E-state index is -0.263. The van der Waals surface area contributed by atoms with Crippen LogP contribution in [0.4, 0.5) is 0 Å². The van der Waals surface area contributed by atoms with E-state index < -0.39 is 0 Å². The van der Waals surface area contributed by atoms with E-state index in [0.29, 0.717) is 12.7 Å². The summed E-state index contributed by atoms with van der Waals surface area (Å²) in [5.41, 5.74) is 0. The normalized spacial score (nSPS) is 24.2. The molecule has 3 nitrogen and oxygen atoms in total. The lowest BCUT2D eigenvalue weighted by molar-refractivity contribution is 0.0194. The van der Waals surface area contributed by atoms with Crippen molar-refractivity contribution >= 4 is 0 Å². The zero-order valence-corrected chi connectivity index (χ0v) is 17.6. The Hall–Kier alpha value is -0.120. The zero-order chi connectivity index (χ0) is 18.7. The molecule has 2 unspecified atom stereocenters. The van der Waals surface area contributed by atoms with E-state index >= 15 is 0 Å². The Morgan fingerprint density at radius 1 is 0.769 bits per heavy atom. The second-order valence-electron chi connectivity index (χ2n) is 8.18. The van der Waals surface area contributed by atoms with Gasteiger partial charge in [0.15, 0.2) is 0 Å². The maximum absolute atomic E-state index is 9.83. The highest BCUT2D eigenvalue weighted by atomic mass is 16.5. The quantitative estimate of drug-likeness (QED) is 0.451. The van der Waals surface area contributed by atoms with E-state index in [0.717, 1.165) is 32.5 Å². The summed E-state index contributed by atoms with van der Waals surface area (Å²) in [6.45, 7) is 4.52. The highest BCUT2D eigenvalue weighted by Gasteiger charge is 2.10. The van der Waals surface area contributed by atoms with Gasteiger partial charge in [0, 0.05) is 13.2 Å². The third kappa shape index (κ3) is 15.0. The molecule has 2 atom stereocenters. The van der Waals surface area contributed by atoms with Crippen LogP contribution in [0.5, 0.6) is 0 Å². The van der Waals surface area contributed by atoms with Crippen molar-refractivity contribution in [2.24, 2.45) is 0 Å². The fourth-order valence-electron chi connectivity index (χ4n) is 3.78. The van der Waals surface area contributed by atoms with Gasteiger partial charge in [-0.15, -0.1) is 0 Å². The molecule has 0 bridgehead atoms. The smallest absolute Gasteiger partial charge is 0.0773 e. The molecule has 156 valence electrons. The Morgan fingerprint density at radius 2 is 1.38 bits per heavy atom. The SMILES string of the molecule is CCCCCCCCCCOC1CCCCCCC(O)COCCCC1. The number of aliphatic hydroxyl groups is 1. The van der Waals surface area contributed by atoms with Crippen LogP contribution in [0.3, 0.4) is 0 Å². The molecule has 0 aliphatic carbocycles. The summed E-state index contributed by atoms with van der Waals surface area (Å²) in [6.07, 6.45) is 21.5. The Bertz CT molecular complexity index is 267. The maximum atomic E-state index is 9.83. The molecule has 1 aliphatic rings. The molecule has 1 saturated heterocycles. The summed E-state index contributed by atoms with van der Waals surface area (Å²) >= 11 is 0. The number of ether oxygens (including phenoxy) is 2. The molecule has 0 aromatic rings. The summed E-state index contributed by atoms with van der Waals surface area (Å²) in [6, 6.07) is 0. The molecule has 1 rings (SSSR count). The minimum absolute atomic E-state index is 0.263. The fraction of sp³-hybridized carbons (Fsp3) is 1.00. The molecule has 1 aliphatic heterocycles. The van der Waals surface area contributed by atoms with E-state index in [1.54, 1.807) is 0 Å². The van der Waals surface area contributed by atoms with Gasteiger partial charge >= 0.3 is 0 Å². The second-order valence-corrected chi connectivity index (χ2v) is 8.18. The maximum Gasteiger partial charge on any atom is 0.0773 e. The molecule has 0 spiro atoms. The van der Waals surface area contributed by atoms with Crippen LogP contribution in [-0.4, -0.2) is 37.1 Å². The molecule has 0 aromatic carbocycles. The molecular weight excluding hydrogens is 324 g/mol. The van der Waals surface area contributed by atoms with Gasteiger partial charge in [0.05, 0.1) is 18.8 Å². The van der Waals surface area contributed by atoms with Crippen molar-refractivity contribution in [2.75, 3.05) is 19.8 Å². The Labute approximate surface area is 163 Å². The van der Waals surface area contributed by atoms with Crippen molar-refractivity contribution in [2.45, 2.75) is 128 Å². The van der Waals surface area contributed by atoms with Gasteiger partial charge < -0.3 is 14.6 Å². The van der Waals surface area contributed by atoms with Gasteiger partial charge in [-0.1, -0.05) is 77.6 Å². The van der Waals surface area contributed by atoms with Crippen LogP contribution in [-0.2, 0) is 9.47 Å². The van der Waals surface area contributed by atoms with Crippen molar-refractivity contribution in [3.8, 4) is 0 Å². The summed E-state index contributed by atoms with van der Waals surface area (Å²) < 4.78 is 11.8. The standard InChI is InChI=1S/C23H46O3/c1-2-3-4-5-6-7-10-14-20-26-23-17-12-9-8-11-16-22(24)21-25-19-15-13-18-23/h22-24H,2-21H2,1H3. The summed E-state index contributed by atoms with van der Waals surface area (Å²) in [5.74, 6) is 0. The molecule has 0 aromatic heterocycles. The molecule has 0 radical (unpaired) electrons. The van der Waals surface area contributed by atoms with Crippen LogP contribution in [0.25, 0.3) is 0 Å². The lowest BCUT2D eigenvalue weighted by Crippen LogP contribution is -2.17. The third-order valence-corrected chi connectivity index (χ3v) is 5.54. The number of hydrogen-bond acceptors (Lipinski definition) is 3. The van der Waals surface area contributed by atoms with Crippen LogP contribution in [0.1, 0.15) is 116 Å². The first kappa shape index (κ1) is 23.9. The van der Waals surface area contributed by atoms with Crippen molar-refractivity contribution < 1.29 is 14.6 Å². The number of unbranched alkanes of at least 4 members (excludes halogenated alkanes) is 7. The monoisotopic (exact) mass is 370 g/mol. The largest absolute Gasteiger partial charge is 0.391 e. The van der Waals surface area contributed by atoms with E-state index in [1.165, 1.54) is 89.9 Å². The van der Waals surface area contributed by atoms with E-state index in [4.69, 9.17) is 9.47 Å². The van der Waals surface area contributed by atoms with Crippen LogP contribution in [0, 0.1) is 0 Å². The van der Waals surface area contributed by atoms with Gasteiger partial charge in [-0.2, -0.15) is 0 Å². The lowest BCUT2D eigenvalue weighted by atomic mass is 10.0. The van der Waals surface area contributed by atoms with Gasteiger partial charge in [-0.25, -0.2) is 0 Å². The zero-order valence-electron chi connectivity index (χ0n) is 17.6. The van der Waals surface area contributed by atoms with Crippen LogP contribution < -0.4 is 0 Å². The predicted octanol–water partition coefficient (Wildman–Crippen LogP) is 6.41. The van der Waals surface area contributed by atoms with Gasteiger partial charge in [-0.05, 0) is 38.5 Å². The highest BCUT2D eigenvalue weighted by molar-refractivity contribution is 4.62. The van der Waals surface area contributed by atoms with Crippen LogP contribution in [0.2, 0.25) is 0 Å². The molecule has 26 heavy (non-hydrogen) atoms. The van der Waals surface area contributed by atoms with Gasteiger partial charge in [0.1, 0.15) is 0 Å². The van der Waals surface area contributed by atoms with Gasteiger partial charge in [-0.3, -0.25) is 0 Å². The summed E-state index contributed by atoms with van der Waals surface area (Å²) in [7, 11) is 0. The average molecular weight is 371 g/mol. The first-order valence-electron chi connectivity index (χ1n) is 11.7. The van der Waals surface area contributed by atoms with Crippen molar-refractivity contribution in [3.05, 3.63) is 0 Å². The van der Waals surface area contributed by atoms with E-state index in [9.17, 15) is 5.11 Å². The summed E-state index contributed by atoms with van der Waals surface area (Å²) in [5, 5.41) is 9.83. The van der Waals surface area contributed by atoms with E-state index in [-0.39, 0.29) is 6.10 Å². The Balaban J connectivity index is 2.08. The Morgan fingerprint density at radius 3 is 2.12 bits per heavy atom. The second kappa shape index (κ2) is 18.3. The first-order chi connectivity index (χ1) is 12.8. The molecule has 0 saturated carbocycles. The molecule has 1 heterocycles. The first-order valence-corrected chi connectivity index (χ1v) is 11.7. The number of hydrogen-bond donors (Lipinski definition) is 1. The van der Waals surface area contributed by atoms with Crippen molar-refractivity contribution in [3.63, 3.8) is 0 Å². The average Bonchev–Trinajstić information content (AvgIpc) is 2.64. The molecular formula is C23H46O3. The Kier molecular flexibility index (Phi) is 16.8. The van der Waals surface area contributed by atoms with Gasteiger partial charge in [0.25, 0.3) is 0 Å². The topological polar surface area (TPSA) is 38.7 Å². The molecule has 3 heteroatoms. The van der Waals surface area contributed by atoms with E-state index in [2.05, 4.69) is 6.92 Å². The molecule has 0 amide bonds. The van der Waals surface area contributed by atoms with Crippen molar-refractivity contribution in [1.82, 2.24) is 0 Å². The fourth-order valence-corrected chi connectivity index (χ4v) is 3.78. The number of aliphatic hydroxyl groups excluding tert-OH is 1. The lowest BCUT2D eigenvalue weighted by Gasteiger charge is -2.19. The van der Waals surface area contributed by atoms with E-state index in [1.807, 2.05) is 0 Å². The predicted molar refractivity (Wildman–Crippen MR) is 111 cm³/mol. The minimum Gasteiger partial charge on any atom is -0.391 e. The van der Waals surface area contributed by atoms with Gasteiger partial charge in [0.2, 0.25) is 0 Å². The highest BCUT2D eigenvalue weighted by Crippen LogP contribution is 2.17.